The highest BCUT2D eigenvalue weighted by Gasteiger charge is 2.21. The number of thiazole rings is 1. The summed E-state index contributed by atoms with van der Waals surface area (Å²) < 4.78 is 0. The minimum absolute atomic E-state index is 0.113. The Morgan fingerprint density at radius 3 is 2.70 bits per heavy atom. The largest absolute Gasteiger partial charge is 0.465 e. The predicted octanol–water partition coefficient (Wildman–Crippen LogP) is 2.02. The fraction of sp³-hybridized carbons (Fsp3) is 0.357. The molecule has 0 saturated carbocycles. The molecule has 8 nitrogen and oxygen atoms in total. The lowest BCUT2D eigenvalue weighted by molar-refractivity contribution is 0.0807. The molecule has 2 aromatic rings. The average molecular weight is 335 g/mol. The lowest BCUT2D eigenvalue weighted by atomic mass is 10.2. The second-order valence-corrected chi connectivity index (χ2v) is 5.84. The molecule has 0 fully saturated rings. The van der Waals surface area contributed by atoms with Crippen LogP contribution in [0.2, 0.25) is 0 Å². The predicted molar refractivity (Wildman–Crippen MR) is 85.4 cm³/mol. The van der Waals surface area contributed by atoms with Gasteiger partial charge in [0, 0.05) is 26.0 Å². The van der Waals surface area contributed by atoms with Crippen molar-refractivity contribution in [3.05, 3.63) is 29.2 Å². The molecule has 2 heterocycles. The number of nitrogens with one attached hydrogen (secondary N) is 1. The van der Waals surface area contributed by atoms with E-state index >= 15 is 0 Å². The minimum atomic E-state index is -1.14. The first-order valence-electron chi connectivity index (χ1n) is 6.96. The number of aromatic nitrogens is 3. The molecule has 1 atom stereocenters. The zero-order chi connectivity index (χ0) is 17.0. The van der Waals surface area contributed by atoms with Gasteiger partial charge in [-0.2, -0.15) is 0 Å². The maximum Gasteiger partial charge on any atom is 0.405 e. The molecule has 0 aliphatic heterocycles. The van der Waals surface area contributed by atoms with Crippen molar-refractivity contribution in [1.82, 2.24) is 25.2 Å². The smallest absolute Gasteiger partial charge is 0.405 e. The Morgan fingerprint density at radius 2 is 2.04 bits per heavy atom. The summed E-state index contributed by atoms with van der Waals surface area (Å²) in [6, 6.07) is -0.544. The van der Waals surface area contributed by atoms with Gasteiger partial charge in [-0.3, -0.25) is 14.8 Å². The minimum Gasteiger partial charge on any atom is -0.465 e. The molecular weight excluding hydrogens is 318 g/mol. The van der Waals surface area contributed by atoms with Crippen molar-refractivity contribution in [2.24, 2.45) is 0 Å². The quantitative estimate of drug-likeness (QED) is 0.865. The number of rotatable bonds is 5. The number of carboxylic acid groups (broad SMARTS) is 1. The molecule has 9 heteroatoms. The summed E-state index contributed by atoms with van der Waals surface area (Å²) in [5, 5.41) is 11.7. The standard InChI is InChI=1S/C14H17N5O3S/c1-4-19(3)13(20)9-7-17-12(23-9)11-10(15-5-6-16-11)8(2)18-14(21)22/h5-8,18H,4H2,1-3H3,(H,21,22). The average Bonchev–Trinajstić information content (AvgIpc) is 3.02. The van der Waals surface area contributed by atoms with Crippen molar-refractivity contribution < 1.29 is 14.7 Å². The van der Waals surface area contributed by atoms with E-state index in [1.165, 1.54) is 29.9 Å². The summed E-state index contributed by atoms with van der Waals surface area (Å²) in [5.74, 6) is -0.113. The molecule has 2 aromatic heterocycles. The summed E-state index contributed by atoms with van der Waals surface area (Å²) in [6.45, 7) is 4.16. The summed E-state index contributed by atoms with van der Waals surface area (Å²) in [4.78, 5) is 37.7. The fourth-order valence-corrected chi connectivity index (χ4v) is 2.81. The first kappa shape index (κ1) is 16.8. The van der Waals surface area contributed by atoms with Crippen LogP contribution in [0.4, 0.5) is 4.79 Å². The van der Waals surface area contributed by atoms with E-state index in [4.69, 9.17) is 5.11 Å². The molecular formula is C14H17N5O3S. The Morgan fingerprint density at radius 1 is 1.35 bits per heavy atom. The van der Waals surface area contributed by atoms with Gasteiger partial charge in [-0.25, -0.2) is 9.78 Å². The van der Waals surface area contributed by atoms with Gasteiger partial charge in [0.1, 0.15) is 15.6 Å². The Balaban J connectivity index is 2.35. The van der Waals surface area contributed by atoms with E-state index in [0.29, 0.717) is 27.8 Å². The topological polar surface area (TPSA) is 108 Å². The fourth-order valence-electron chi connectivity index (χ4n) is 1.90. The second-order valence-electron chi connectivity index (χ2n) is 4.81. The van der Waals surface area contributed by atoms with Gasteiger partial charge < -0.3 is 15.3 Å². The zero-order valence-electron chi connectivity index (χ0n) is 13.0. The first-order chi connectivity index (χ1) is 10.9. The summed E-state index contributed by atoms with van der Waals surface area (Å²) in [7, 11) is 1.72. The maximum absolute atomic E-state index is 12.2. The van der Waals surface area contributed by atoms with Gasteiger partial charge in [0.05, 0.1) is 17.9 Å². The monoisotopic (exact) mass is 335 g/mol. The SMILES string of the molecule is CCN(C)C(=O)c1cnc(-c2nccnc2C(C)NC(=O)O)s1. The van der Waals surface area contributed by atoms with E-state index in [0.717, 1.165) is 0 Å². The van der Waals surface area contributed by atoms with Crippen LogP contribution in [0.3, 0.4) is 0 Å². The Bertz CT molecular complexity index is 718. The third-order valence-electron chi connectivity index (χ3n) is 3.22. The summed E-state index contributed by atoms with van der Waals surface area (Å²) in [6.07, 6.45) is 3.35. The van der Waals surface area contributed by atoms with Gasteiger partial charge in [-0.05, 0) is 13.8 Å². The van der Waals surface area contributed by atoms with Crippen LogP contribution < -0.4 is 5.32 Å². The van der Waals surface area contributed by atoms with Crippen molar-refractivity contribution in [3.8, 4) is 10.7 Å². The molecule has 0 aromatic carbocycles. The van der Waals surface area contributed by atoms with Gasteiger partial charge in [0.15, 0.2) is 0 Å². The highest BCUT2D eigenvalue weighted by atomic mass is 32.1. The van der Waals surface area contributed by atoms with E-state index < -0.39 is 12.1 Å². The molecule has 2 amide bonds. The van der Waals surface area contributed by atoms with E-state index in [9.17, 15) is 9.59 Å². The van der Waals surface area contributed by atoms with Gasteiger partial charge in [-0.15, -0.1) is 11.3 Å². The normalized spacial score (nSPS) is 11.8. The Hall–Kier alpha value is -2.55. The summed E-state index contributed by atoms with van der Waals surface area (Å²) >= 11 is 1.21. The molecule has 122 valence electrons. The zero-order valence-corrected chi connectivity index (χ0v) is 13.8. The van der Waals surface area contributed by atoms with Crippen molar-refractivity contribution in [3.63, 3.8) is 0 Å². The highest BCUT2D eigenvalue weighted by Crippen LogP contribution is 2.28. The molecule has 0 aliphatic rings. The number of hydrogen-bond donors (Lipinski definition) is 2. The Labute approximate surface area is 137 Å². The number of amides is 2. The van der Waals surface area contributed by atoms with Crippen LogP contribution >= 0.6 is 11.3 Å². The lowest BCUT2D eigenvalue weighted by Gasteiger charge is -2.13. The third kappa shape index (κ3) is 3.81. The highest BCUT2D eigenvalue weighted by molar-refractivity contribution is 7.16. The number of carbonyl (C=O) groups is 2. The molecule has 0 saturated heterocycles. The van der Waals surface area contributed by atoms with Crippen LogP contribution in [0.5, 0.6) is 0 Å². The van der Waals surface area contributed by atoms with Gasteiger partial charge in [-0.1, -0.05) is 0 Å². The summed E-state index contributed by atoms with van der Waals surface area (Å²) in [5.41, 5.74) is 0.934. The van der Waals surface area contributed by atoms with Crippen LogP contribution in [0.25, 0.3) is 10.7 Å². The number of nitrogens with zero attached hydrogens (tertiary/aromatic N) is 4. The third-order valence-corrected chi connectivity index (χ3v) is 4.21. The number of carbonyl (C=O) groups excluding carboxylic acids is 1. The number of hydrogen-bond acceptors (Lipinski definition) is 6. The molecule has 2 rings (SSSR count). The van der Waals surface area contributed by atoms with Gasteiger partial charge >= 0.3 is 6.09 Å². The van der Waals surface area contributed by atoms with Gasteiger partial charge in [0.25, 0.3) is 5.91 Å². The van der Waals surface area contributed by atoms with Crippen molar-refractivity contribution >= 4 is 23.3 Å². The van der Waals surface area contributed by atoms with E-state index in [1.807, 2.05) is 6.92 Å². The van der Waals surface area contributed by atoms with Gasteiger partial charge in [0.2, 0.25) is 0 Å². The van der Waals surface area contributed by atoms with E-state index in [1.54, 1.807) is 18.9 Å². The molecule has 0 aliphatic carbocycles. The van der Waals surface area contributed by atoms with Crippen LogP contribution in [0, 0.1) is 0 Å². The Kier molecular flexibility index (Phi) is 5.22. The molecule has 0 bridgehead atoms. The van der Waals surface area contributed by atoms with Crippen LogP contribution in [0.1, 0.15) is 35.3 Å². The first-order valence-corrected chi connectivity index (χ1v) is 7.77. The van der Waals surface area contributed by atoms with Crippen molar-refractivity contribution in [1.29, 1.82) is 0 Å². The van der Waals surface area contributed by atoms with E-state index in [2.05, 4.69) is 20.3 Å². The molecule has 2 N–H and O–H groups in total. The molecule has 0 radical (unpaired) electrons. The molecule has 1 unspecified atom stereocenters. The van der Waals surface area contributed by atoms with Crippen molar-refractivity contribution in [2.75, 3.05) is 13.6 Å². The van der Waals surface area contributed by atoms with Crippen LogP contribution in [-0.4, -0.2) is 50.6 Å². The lowest BCUT2D eigenvalue weighted by Crippen LogP contribution is -2.25. The van der Waals surface area contributed by atoms with E-state index in [-0.39, 0.29) is 5.91 Å². The van der Waals surface area contributed by atoms with Crippen LogP contribution in [0.15, 0.2) is 18.6 Å². The van der Waals surface area contributed by atoms with Crippen molar-refractivity contribution in [2.45, 2.75) is 19.9 Å². The molecule has 0 spiro atoms. The second kappa shape index (κ2) is 7.14. The van der Waals surface area contributed by atoms with Crippen LogP contribution in [-0.2, 0) is 0 Å². The maximum atomic E-state index is 12.2. The molecule has 23 heavy (non-hydrogen) atoms.